The number of ether oxygens (including phenoxy) is 1. The van der Waals surface area contributed by atoms with E-state index in [1.54, 1.807) is 13.3 Å². The van der Waals surface area contributed by atoms with Gasteiger partial charge in [0.1, 0.15) is 11.5 Å². The molecule has 0 aliphatic rings. The Bertz CT molecular complexity index is 594. The molecule has 0 fully saturated rings. The molecule has 0 unspecified atom stereocenters. The smallest absolute Gasteiger partial charge is 0.191 e. The molecule has 5 heteroatoms. The van der Waals surface area contributed by atoms with Gasteiger partial charge in [0.15, 0.2) is 5.96 Å². The lowest BCUT2D eigenvalue weighted by Gasteiger charge is -2.11. The molecule has 0 saturated carbocycles. The summed E-state index contributed by atoms with van der Waals surface area (Å²) in [4.78, 5) is 4.20. The normalized spacial score (nSPS) is 11.3. The summed E-state index contributed by atoms with van der Waals surface area (Å²) >= 11 is 0. The number of hydrogen-bond acceptors (Lipinski definition) is 3. The zero-order valence-corrected chi connectivity index (χ0v) is 13.8. The molecule has 0 spiro atoms. The molecule has 1 aromatic heterocycles. The SMILES string of the molecule is CCCOc1cccc(CCNC(=NC)NCc2ccco2)c1. The molecule has 0 aliphatic carbocycles. The van der Waals surface area contributed by atoms with Gasteiger partial charge in [-0.25, -0.2) is 0 Å². The lowest BCUT2D eigenvalue weighted by Crippen LogP contribution is -2.37. The van der Waals surface area contributed by atoms with Crippen LogP contribution in [0.15, 0.2) is 52.1 Å². The Balaban J connectivity index is 1.74. The van der Waals surface area contributed by atoms with Crippen molar-refractivity contribution in [1.82, 2.24) is 10.6 Å². The predicted molar refractivity (Wildman–Crippen MR) is 92.8 cm³/mol. The van der Waals surface area contributed by atoms with Crippen LogP contribution in [0, 0.1) is 0 Å². The van der Waals surface area contributed by atoms with Crippen LogP contribution >= 0.6 is 0 Å². The summed E-state index contributed by atoms with van der Waals surface area (Å²) in [6, 6.07) is 12.0. The van der Waals surface area contributed by atoms with Gasteiger partial charge in [0, 0.05) is 13.6 Å². The minimum atomic E-state index is 0.618. The van der Waals surface area contributed by atoms with Gasteiger partial charge in [-0.05, 0) is 42.7 Å². The maximum absolute atomic E-state index is 5.66. The minimum absolute atomic E-state index is 0.618. The van der Waals surface area contributed by atoms with Gasteiger partial charge >= 0.3 is 0 Å². The second-order valence-corrected chi connectivity index (χ2v) is 5.18. The Morgan fingerprint density at radius 2 is 2.13 bits per heavy atom. The fraction of sp³-hybridized carbons (Fsp3) is 0.389. The van der Waals surface area contributed by atoms with E-state index >= 15 is 0 Å². The lowest BCUT2D eigenvalue weighted by atomic mass is 10.1. The number of nitrogens with zero attached hydrogens (tertiary/aromatic N) is 1. The predicted octanol–water partition coefficient (Wildman–Crippen LogP) is 2.98. The average Bonchev–Trinajstić information content (AvgIpc) is 3.10. The summed E-state index contributed by atoms with van der Waals surface area (Å²) in [6.45, 7) is 4.28. The maximum Gasteiger partial charge on any atom is 0.191 e. The van der Waals surface area contributed by atoms with Crippen molar-refractivity contribution in [2.75, 3.05) is 20.2 Å². The van der Waals surface area contributed by atoms with Crippen LogP contribution in [0.5, 0.6) is 5.75 Å². The molecule has 0 atom stereocenters. The topological polar surface area (TPSA) is 58.8 Å². The molecule has 23 heavy (non-hydrogen) atoms. The van der Waals surface area contributed by atoms with Crippen LogP contribution in [0.1, 0.15) is 24.7 Å². The molecule has 0 bridgehead atoms. The van der Waals surface area contributed by atoms with E-state index in [1.807, 2.05) is 24.3 Å². The van der Waals surface area contributed by atoms with Gasteiger partial charge in [-0.1, -0.05) is 19.1 Å². The fourth-order valence-electron chi connectivity index (χ4n) is 2.14. The molecule has 2 aromatic rings. The number of aliphatic imine (C=N–C) groups is 1. The third-order valence-electron chi connectivity index (χ3n) is 3.31. The first kappa shape index (κ1) is 16.9. The average molecular weight is 315 g/mol. The number of furan rings is 1. The van der Waals surface area contributed by atoms with Gasteiger partial charge in [-0.2, -0.15) is 0 Å². The highest BCUT2D eigenvalue weighted by atomic mass is 16.5. The van der Waals surface area contributed by atoms with Crippen molar-refractivity contribution in [2.24, 2.45) is 4.99 Å². The van der Waals surface area contributed by atoms with Crippen molar-refractivity contribution in [3.8, 4) is 5.75 Å². The Hall–Kier alpha value is -2.43. The van der Waals surface area contributed by atoms with Crippen molar-refractivity contribution in [3.05, 3.63) is 54.0 Å². The van der Waals surface area contributed by atoms with Crippen LogP contribution in [0.2, 0.25) is 0 Å². The van der Waals surface area contributed by atoms with Crippen LogP contribution in [-0.4, -0.2) is 26.2 Å². The highest BCUT2D eigenvalue weighted by molar-refractivity contribution is 5.79. The zero-order valence-electron chi connectivity index (χ0n) is 13.8. The van der Waals surface area contributed by atoms with Crippen LogP contribution in [0.3, 0.4) is 0 Å². The molecule has 2 rings (SSSR count). The fourth-order valence-corrected chi connectivity index (χ4v) is 2.14. The Labute approximate surface area is 137 Å². The molecular weight excluding hydrogens is 290 g/mol. The first-order valence-electron chi connectivity index (χ1n) is 8.00. The van der Waals surface area contributed by atoms with Gasteiger partial charge in [0.2, 0.25) is 0 Å². The summed E-state index contributed by atoms with van der Waals surface area (Å²) in [5.74, 6) is 2.58. The molecule has 1 aromatic carbocycles. The van der Waals surface area contributed by atoms with E-state index in [0.717, 1.165) is 43.5 Å². The molecule has 5 nitrogen and oxygen atoms in total. The van der Waals surface area contributed by atoms with Gasteiger partial charge < -0.3 is 19.8 Å². The molecule has 0 saturated heterocycles. The maximum atomic E-state index is 5.66. The lowest BCUT2D eigenvalue weighted by molar-refractivity contribution is 0.317. The van der Waals surface area contributed by atoms with Gasteiger partial charge in [0.25, 0.3) is 0 Å². The van der Waals surface area contributed by atoms with Gasteiger partial charge in [-0.3, -0.25) is 4.99 Å². The van der Waals surface area contributed by atoms with E-state index in [1.165, 1.54) is 5.56 Å². The molecular formula is C18H25N3O2. The number of hydrogen-bond donors (Lipinski definition) is 2. The molecule has 124 valence electrons. The first-order chi connectivity index (χ1) is 11.3. The number of guanidine groups is 1. The number of nitrogens with one attached hydrogen (secondary N) is 2. The van der Waals surface area contributed by atoms with E-state index in [0.29, 0.717) is 6.54 Å². The molecule has 0 aliphatic heterocycles. The van der Waals surface area contributed by atoms with Crippen molar-refractivity contribution in [1.29, 1.82) is 0 Å². The van der Waals surface area contributed by atoms with E-state index in [-0.39, 0.29) is 0 Å². The monoisotopic (exact) mass is 315 g/mol. The van der Waals surface area contributed by atoms with Gasteiger partial charge in [-0.15, -0.1) is 0 Å². The summed E-state index contributed by atoms with van der Waals surface area (Å²) in [6.07, 6.45) is 3.59. The second-order valence-electron chi connectivity index (χ2n) is 5.18. The summed E-state index contributed by atoms with van der Waals surface area (Å²) in [5, 5.41) is 6.52. The molecule has 0 amide bonds. The van der Waals surface area contributed by atoms with Crippen molar-refractivity contribution in [2.45, 2.75) is 26.3 Å². The van der Waals surface area contributed by atoms with Gasteiger partial charge in [0.05, 0.1) is 19.4 Å². The highest BCUT2D eigenvalue weighted by Gasteiger charge is 2.01. The van der Waals surface area contributed by atoms with Crippen LogP contribution in [-0.2, 0) is 13.0 Å². The third-order valence-corrected chi connectivity index (χ3v) is 3.31. The number of benzene rings is 1. The quantitative estimate of drug-likeness (QED) is 0.581. The van der Waals surface area contributed by atoms with Crippen molar-refractivity contribution in [3.63, 3.8) is 0 Å². The molecule has 1 heterocycles. The first-order valence-corrected chi connectivity index (χ1v) is 8.00. The second kappa shape index (κ2) is 9.56. The zero-order chi connectivity index (χ0) is 16.3. The molecule has 2 N–H and O–H groups in total. The number of rotatable bonds is 8. The van der Waals surface area contributed by atoms with Crippen LogP contribution in [0.4, 0.5) is 0 Å². The van der Waals surface area contributed by atoms with E-state index in [4.69, 9.17) is 9.15 Å². The Morgan fingerprint density at radius 3 is 2.87 bits per heavy atom. The van der Waals surface area contributed by atoms with E-state index in [9.17, 15) is 0 Å². The standard InChI is InChI=1S/C18H25N3O2/c1-3-11-22-16-7-4-6-15(13-16)9-10-20-18(19-2)21-14-17-8-5-12-23-17/h4-8,12-13H,3,9-11,14H2,1-2H3,(H2,19,20,21). The van der Waals surface area contributed by atoms with E-state index in [2.05, 4.69) is 34.7 Å². The summed E-state index contributed by atoms with van der Waals surface area (Å²) in [5.41, 5.74) is 1.24. The van der Waals surface area contributed by atoms with E-state index < -0.39 is 0 Å². The van der Waals surface area contributed by atoms with Crippen LogP contribution in [0.25, 0.3) is 0 Å². The van der Waals surface area contributed by atoms with Crippen LogP contribution < -0.4 is 15.4 Å². The largest absolute Gasteiger partial charge is 0.494 e. The van der Waals surface area contributed by atoms with Crippen molar-refractivity contribution < 1.29 is 9.15 Å². The summed E-state index contributed by atoms with van der Waals surface area (Å²) in [7, 11) is 1.76. The molecule has 0 radical (unpaired) electrons. The summed E-state index contributed by atoms with van der Waals surface area (Å²) < 4.78 is 10.9. The highest BCUT2D eigenvalue weighted by Crippen LogP contribution is 2.13. The Morgan fingerprint density at radius 1 is 1.22 bits per heavy atom. The van der Waals surface area contributed by atoms with Crippen molar-refractivity contribution >= 4 is 5.96 Å². The minimum Gasteiger partial charge on any atom is -0.494 e. The third kappa shape index (κ3) is 6.06. The Kier molecular flexibility index (Phi) is 7.04.